The molecule has 0 radical (unpaired) electrons. The van der Waals surface area contributed by atoms with Crippen molar-refractivity contribution >= 4 is 25.7 Å². The van der Waals surface area contributed by atoms with Crippen molar-refractivity contribution in [1.82, 2.24) is 26.1 Å². The van der Waals surface area contributed by atoms with E-state index in [1.54, 1.807) is 12.9 Å². The molecule has 2 aromatic rings. The maximum Gasteiger partial charge on any atom is 0.246 e. The minimum absolute atomic E-state index is 0.00236. The highest BCUT2D eigenvalue weighted by atomic mass is 16.2. The first-order chi connectivity index (χ1) is 19.0. The van der Waals surface area contributed by atoms with Gasteiger partial charge in [0.1, 0.15) is 12.1 Å². The van der Waals surface area contributed by atoms with Crippen LogP contribution in [0.2, 0.25) is 0 Å². The third kappa shape index (κ3) is 6.71. The topological polar surface area (TPSA) is 103 Å². The maximum atomic E-state index is 14.2. The Kier molecular flexibility index (Phi) is 10.2. The van der Waals surface area contributed by atoms with Crippen LogP contribution in [0.5, 0.6) is 0 Å². The van der Waals surface area contributed by atoms with Crippen LogP contribution < -0.4 is 21.2 Å². The molecule has 2 aromatic carbocycles. The fourth-order valence-corrected chi connectivity index (χ4v) is 6.08. The van der Waals surface area contributed by atoms with Gasteiger partial charge in [-0.2, -0.15) is 0 Å². The van der Waals surface area contributed by atoms with Crippen LogP contribution in [0.3, 0.4) is 0 Å². The second-order valence-corrected chi connectivity index (χ2v) is 10.6. The second-order valence-electron chi connectivity index (χ2n) is 10.6. The summed E-state index contributed by atoms with van der Waals surface area (Å²) in [4.78, 5) is 42.9. The molecular weight excluding hydrogens is 489 g/mol. The van der Waals surface area contributed by atoms with E-state index in [1.165, 1.54) is 0 Å². The van der Waals surface area contributed by atoms with Gasteiger partial charge in [0.2, 0.25) is 17.7 Å². The molecule has 4 rings (SSSR count). The Bertz CT molecular complexity index is 1060. The number of rotatable bonds is 11. The van der Waals surface area contributed by atoms with E-state index in [0.717, 1.165) is 36.9 Å². The van der Waals surface area contributed by atoms with Gasteiger partial charge in [-0.05, 0) is 49.8 Å². The maximum absolute atomic E-state index is 14.2. The van der Waals surface area contributed by atoms with E-state index in [2.05, 4.69) is 21.2 Å². The molecule has 0 spiro atoms. The molecule has 4 N–H and O–H groups in total. The van der Waals surface area contributed by atoms with Crippen LogP contribution in [0.15, 0.2) is 60.7 Å². The van der Waals surface area contributed by atoms with Gasteiger partial charge in [-0.3, -0.25) is 14.4 Å². The standard InChI is InChI=1S/C30H42BN5O3/c1-3-24(35-31)28(37)34-27-22(19-32-4-2)15-16-23-17-18-25(36(23)30(27)39)29(38)33-26(20-11-7-5-8-12-20)21-13-9-6-10-14-21/h5-14,22-27,32,35H,3-4,15-19,31H2,1-2H3,(H,33,38)(H,34,37)/t22-,23+,24+,25+,27+/m1/s1. The predicted octanol–water partition coefficient (Wildman–Crippen LogP) is 1.67. The molecule has 2 heterocycles. The lowest BCUT2D eigenvalue weighted by molar-refractivity contribution is -0.143. The second kappa shape index (κ2) is 13.8. The molecule has 0 unspecified atom stereocenters. The SMILES string of the molecule is BN[C@@H](CC)C(=O)N[C@@H]1C(=O)N2[C@@H](CC[C@@H]1CNCC)CC[C@H]2C(=O)NC(c1ccccc1)c1ccccc1. The first-order valence-corrected chi connectivity index (χ1v) is 14.4. The average Bonchev–Trinajstić information content (AvgIpc) is 3.35. The molecule has 0 saturated carbocycles. The van der Waals surface area contributed by atoms with Crippen molar-refractivity contribution in [2.75, 3.05) is 13.1 Å². The van der Waals surface area contributed by atoms with Crippen molar-refractivity contribution in [2.45, 2.75) is 76.2 Å². The largest absolute Gasteiger partial charge is 0.352 e. The van der Waals surface area contributed by atoms with Gasteiger partial charge < -0.3 is 26.1 Å². The number of hydrogen-bond donors (Lipinski definition) is 4. The van der Waals surface area contributed by atoms with Crippen LogP contribution in [0.25, 0.3) is 0 Å². The summed E-state index contributed by atoms with van der Waals surface area (Å²) in [6.45, 7) is 5.41. The number of hydrogen-bond acceptors (Lipinski definition) is 5. The summed E-state index contributed by atoms with van der Waals surface area (Å²) in [5.74, 6) is -0.507. The fraction of sp³-hybridized carbons (Fsp3) is 0.500. The first kappa shape index (κ1) is 28.8. The number of benzene rings is 2. The van der Waals surface area contributed by atoms with Crippen LogP contribution in [0, 0.1) is 5.92 Å². The van der Waals surface area contributed by atoms with Gasteiger partial charge >= 0.3 is 0 Å². The van der Waals surface area contributed by atoms with Crippen LogP contribution in [0.1, 0.15) is 63.1 Å². The summed E-state index contributed by atoms with van der Waals surface area (Å²) in [6, 6.07) is 17.9. The van der Waals surface area contributed by atoms with Gasteiger partial charge in [-0.15, -0.1) is 0 Å². The van der Waals surface area contributed by atoms with Gasteiger partial charge in [0.05, 0.1) is 12.1 Å². The van der Waals surface area contributed by atoms with E-state index in [0.29, 0.717) is 19.4 Å². The predicted molar refractivity (Wildman–Crippen MR) is 155 cm³/mol. The lowest BCUT2D eigenvalue weighted by Crippen LogP contribution is -2.59. The Morgan fingerprint density at radius 3 is 2.13 bits per heavy atom. The third-order valence-electron chi connectivity index (χ3n) is 8.25. The lowest BCUT2D eigenvalue weighted by Gasteiger charge is -2.33. The number of nitrogens with zero attached hydrogens (tertiary/aromatic N) is 1. The van der Waals surface area contributed by atoms with Crippen LogP contribution in [-0.4, -0.2) is 67.9 Å². The van der Waals surface area contributed by atoms with E-state index in [9.17, 15) is 14.4 Å². The number of carbonyl (C=O) groups is 3. The molecule has 3 amide bonds. The number of fused-ring (bicyclic) bond motifs is 1. The zero-order valence-electron chi connectivity index (χ0n) is 23.4. The summed E-state index contributed by atoms with van der Waals surface area (Å²) in [5.41, 5.74) is 1.98. The molecule has 9 heteroatoms. The highest BCUT2D eigenvalue weighted by molar-refractivity contribution is 6.07. The molecule has 0 aliphatic carbocycles. The van der Waals surface area contributed by atoms with Gasteiger partial charge in [0.25, 0.3) is 0 Å². The Balaban J connectivity index is 1.59. The summed E-state index contributed by atoms with van der Waals surface area (Å²) in [7, 11) is 1.76. The van der Waals surface area contributed by atoms with E-state index >= 15 is 0 Å². The highest BCUT2D eigenvalue weighted by Crippen LogP contribution is 2.34. The molecule has 2 fully saturated rings. The minimum atomic E-state index is -0.670. The molecule has 2 aliphatic heterocycles. The van der Waals surface area contributed by atoms with Crippen molar-refractivity contribution in [3.63, 3.8) is 0 Å². The van der Waals surface area contributed by atoms with E-state index in [1.807, 2.05) is 74.5 Å². The van der Waals surface area contributed by atoms with E-state index in [-0.39, 0.29) is 41.8 Å². The van der Waals surface area contributed by atoms with Crippen molar-refractivity contribution in [3.8, 4) is 0 Å². The molecule has 39 heavy (non-hydrogen) atoms. The Morgan fingerprint density at radius 2 is 1.56 bits per heavy atom. The Labute approximate surface area is 233 Å². The highest BCUT2D eigenvalue weighted by Gasteiger charge is 2.47. The molecule has 208 valence electrons. The van der Waals surface area contributed by atoms with Crippen LogP contribution in [0.4, 0.5) is 0 Å². The zero-order valence-corrected chi connectivity index (χ0v) is 23.4. The zero-order chi connectivity index (χ0) is 27.8. The molecule has 8 nitrogen and oxygen atoms in total. The van der Waals surface area contributed by atoms with Crippen molar-refractivity contribution < 1.29 is 14.4 Å². The molecule has 0 aromatic heterocycles. The van der Waals surface area contributed by atoms with Crippen LogP contribution in [-0.2, 0) is 14.4 Å². The summed E-state index contributed by atoms with van der Waals surface area (Å²) >= 11 is 0. The van der Waals surface area contributed by atoms with Gasteiger partial charge in [-0.1, -0.05) is 74.5 Å². The average molecular weight is 532 g/mol. The van der Waals surface area contributed by atoms with E-state index < -0.39 is 12.1 Å². The van der Waals surface area contributed by atoms with E-state index in [4.69, 9.17) is 0 Å². The Morgan fingerprint density at radius 1 is 0.949 bits per heavy atom. The lowest BCUT2D eigenvalue weighted by atomic mass is 9.92. The van der Waals surface area contributed by atoms with Crippen molar-refractivity contribution in [1.29, 1.82) is 0 Å². The molecule has 5 atom stereocenters. The third-order valence-corrected chi connectivity index (χ3v) is 8.25. The van der Waals surface area contributed by atoms with Crippen molar-refractivity contribution in [2.24, 2.45) is 5.92 Å². The summed E-state index contributed by atoms with van der Waals surface area (Å²) in [6.07, 6.45) is 3.66. The smallest absolute Gasteiger partial charge is 0.246 e. The summed E-state index contributed by atoms with van der Waals surface area (Å²) in [5, 5.41) is 12.7. The monoisotopic (exact) mass is 531 g/mol. The van der Waals surface area contributed by atoms with Gasteiger partial charge in [-0.25, -0.2) is 0 Å². The minimum Gasteiger partial charge on any atom is -0.352 e. The number of carbonyl (C=O) groups excluding carboxylic acids is 3. The van der Waals surface area contributed by atoms with Crippen molar-refractivity contribution in [3.05, 3.63) is 71.8 Å². The fourth-order valence-electron chi connectivity index (χ4n) is 6.08. The normalized spacial score (nSPS) is 23.7. The molecular formula is C30H42BN5O3. The molecule has 0 bridgehead atoms. The quantitative estimate of drug-likeness (QED) is 0.331. The van der Waals surface area contributed by atoms with Gasteiger partial charge in [0.15, 0.2) is 7.98 Å². The molecule has 2 saturated heterocycles. The Hall–Kier alpha value is -3.17. The number of nitrogens with one attached hydrogen (secondary N) is 4. The first-order valence-electron chi connectivity index (χ1n) is 14.4. The molecule has 2 aliphatic rings. The summed E-state index contributed by atoms with van der Waals surface area (Å²) < 4.78 is 0. The number of amides is 3. The van der Waals surface area contributed by atoms with Gasteiger partial charge in [0, 0.05) is 18.5 Å². The van der Waals surface area contributed by atoms with Crippen LogP contribution >= 0.6 is 0 Å².